The Hall–Kier alpha value is -2.48. The van der Waals surface area contributed by atoms with E-state index in [0.717, 1.165) is 37.7 Å². The highest BCUT2D eigenvalue weighted by molar-refractivity contribution is 5.80. The lowest BCUT2D eigenvalue weighted by atomic mass is 10.3. The molecule has 1 aliphatic rings. The Kier molecular flexibility index (Phi) is 5.05. The normalized spacial score (nSPS) is 15.7. The van der Waals surface area contributed by atoms with Crippen molar-refractivity contribution in [2.75, 3.05) is 45.2 Å². The van der Waals surface area contributed by atoms with Gasteiger partial charge in [-0.2, -0.15) is 4.99 Å². The fourth-order valence-corrected chi connectivity index (χ4v) is 2.32. The zero-order chi connectivity index (χ0) is 16.1. The molecular weight excluding hydrogens is 282 g/mol. The van der Waals surface area contributed by atoms with Crippen molar-refractivity contribution in [2.24, 2.45) is 16.6 Å². The fourth-order valence-electron chi connectivity index (χ4n) is 2.32. The van der Waals surface area contributed by atoms with Crippen LogP contribution in [0.4, 0.5) is 5.82 Å². The van der Waals surface area contributed by atoms with Crippen molar-refractivity contribution in [3.05, 3.63) is 30.7 Å². The van der Waals surface area contributed by atoms with Crippen LogP contribution in [0.3, 0.4) is 0 Å². The summed E-state index contributed by atoms with van der Waals surface area (Å²) in [4.78, 5) is 12.9. The summed E-state index contributed by atoms with van der Waals surface area (Å²) in [5.74, 6) is 8.37. The van der Waals surface area contributed by atoms with Gasteiger partial charge < -0.3 is 20.3 Å². The number of hydrogen-bond acceptors (Lipinski definition) is 6. The molecule has 0 radical (unpaired) electrons. The third kappa shape index (κ3) is 3.79. The molecule has 0 unspecified atom stereocenters. The van der Waals surface area contributed by atoms with Crippen LogP contribution in [-0.2, 0) is 0 Å². The summed E-state index contributed by atoms with van der Waals surface area (Å²) in [5.41, 5.74) is 5.56. The zero-order valence-corrected chi connectivity index (χ0v) is 13.1. The van der Waals surface area contributed by atoms with E-state index in [0.29, 0.717) is 5.96 Å². The molecule has 1 saturated heterocycles. The van der Waals surface area contributed by atoms with Crippen molar-refractivity contribution >= 4 is 11.8 Å². The highest BCUT2D eigenvalue weighted by Gasteiger charge is 2.22. The number of methoxy groups -OCH3 is 1. The van der Waals surface area contributed by atoms with Gasteiger partial charge in [0.15, 0.2) is 0 Å². The van der Waals surface area contributed by atoms with Crippen molar-refractivity contribution < 1.29 is 4.74 Å². The van der Waals surface area contributed by atoms with E-state index in [-0.39, 0.29) is 5.82 Å². The van der Waals surface area contributed by atoms with Gasteiger partial charge in [-0.1, -0.05) is 6.58 Å². The number of nitrogens with zero attached hydrogens (tertiary/aromatic N) is 5. The van der Waals surface area contributed by atoms with Gasteiger partial charge in [-0.05, 0) is 12.1 Å². The number of pyridine rings is 1. The predicted octanol–water partition coefficient (Wildman–Crippen LogP) is -0.196. The first-order valence-corrected chi connectivity index (χ1v) is 7.02. The van der Waals surface area contributed by atoms with Crippen molar-refractivity contribution in [3.63, 3.8) is 0 Å². The standard InChI is InChI=1S/C14H23N7O/c1-11(15)18-14(19(2)16)21-8-6-20(7-9-21)13-5-4-12(22-3)10-17-13/h4-5,10H,1,6-9,15-16H2,2-3H3/b18-14+. The molecule has 120 valence electrons. The lowest BCUT2D eigenvalue weighted by Crippen LogP contribution is -2.54. The second-order valence-corrected chi connectivity index (χ2v) is 5.04. The topological polar surface area (TPSA) is 96.2 Å². The van der Waals surface area contributed by atoms with Crippen molar-refractivity contribution in [3.8, 4) is 5.75 Å². The van der Waals surface area contributed by atoms with Gasteiger partial charge in [-0.15, -0.1) is 0 Å². The molecule has 8 heteroatoms. The maximum absolute atomic E-state index is 5.82. The molecule has 8 nitrogen and oxygen atoms in total. The van der Waals surface area contributed by atoms with Gasteiger partial charge in [0, 0.05) is 33.2 Å². The third-order valence-electron chi connectivity index (χ3n) is 3.40. The van der Waals surface area contributed by atoms with E-state index >= 15 is 0 Å². The number of aliphatic imine (C=N–C) groups is 1. The Labute approximate surface area is 130 Å². The summed E-state index contributed by atoms with van der Waals surface area (Å²) in [6.45, 7) is 6.80. The number of anilines is 1. The molecule has 1 aliphatic heterocycles. The number of rotatable bonds is 3. The molecule has 4 N–H and O–H groups in total. The molecule has 0 atom stereocenters. The van der Waals surface area contributed by atoms with E-state index in [1.165, 1.54) is 5.01 Å². The second kappa shape index (κ2) is 6.99. The lowest BCUT2D eigenvalue weighted by molar-refractivity contribution is 0.329. The Morgan fingerprint density at radius 3 is 2.50 bits per heavy atom. The molecule has 1 fully saturated rings. The lowest BCUT2D eigenvalue weighted by Gasteiger charge is -2.38. The number of piperazine rings is 1. The van der Waals surface area contributed by atoms with Gasteiger partial charge in [0.25, 0.3) is 0 Å². The van der Waals surface area contributed by atoms with Gasteiger partial charge in [0.2, 0.25) is 5.96 Å². The quantitative estimate of drug-likeness (QED) is 0.345. The maximum atomic E-state index is 5.82. The first kappa shape index (κ1) is 15.9. The maximum Gasteiger partial charge on any atom is 0.217 e. The predicted molar refractivity (Wildman–Crippen MR) is 87.3 cm³/mol. The Morgan fingerprint density at radius 2 is 2.05 bits per heavy atom. The van der Waals surface area contributed by atoms with Crippen molar-refractivity contribution in [1.82, 2.24) is 14.9 Å². The number of nitrogens with two attached hydrogens (primary N) is 2. The Balaban J connectivity index is 2.01. The van der Waals surface area contributed by atoms with Gasteiger partial charge in [0.1, 0.15) is 17.4 Å². The molecule has 0 amide bonds. The monoisotopic (exact) mass is 305 g/mol. The fraction of sp³-hybridized carbons (Fsp3) is 0.429. The third-order valence-corrected chi connectivity index (χ3v) is 3.40. The molecule has 0 aromatic carbocycles. The van der Waals surface area contributed by atoms with E-state index in [1.807, 2.05) is 12.1 Å². The molecule has 2 rings (SSSR count). The van der Waals surface area contributed by atoms with Crippen LogP contribution in [-0.4, -0.2) is 61.2 Å². The molecule has 0 saturated carbocycles. The van der Waals surface area contributed by atoms with Crippen LogP contribution in [0, 0.1) is 0 Å². The molecule has 0 spiro atoms. The summed E-state index contributed by atoms with van der Waals surface area (Å²) in [6.07, 6.45) is 1.72. The molecule has 0 aliphatic carbocycles. The van der Waals surface area contributed by atoms with Crippen LogP contribution in [0.1, 0.15) is 0 Å². The zero-order valence-electron chi connectivity index (χ0n) is 13.1. The van der Waals surface area contributed by atoms with Crippen LogP contribution in [0.15, 0.2) is 35.7 Å². The van der Waals surface area contributed by atoms with E-state index in [4.69, 9.17) is 16.3 Å². The highest BCUT2D eigenvalue weighted by atomic mass is 16.5. The van der Waals surface area contributed by atoms with Crippen molar-refractivity contribution in [1.29, 1.82) is 0 Å². The minimum absolute atomic E-state index is 0.242. The largest absolute Gasteiger partial charge is 0.495 e. The van der Waals surface area contributed by atoms with Gasteiger partial charge in [0.05, 0.1) is 13.3 Å². The minimum Gasteiger partial charge on any atom is -0.495 e. The first-order chi connectivity index (χ1) is 10.5. The summed E-state index contributed by atoms with van der Waals surface area (Å²) in [5, 5.41) is 1.46. The first-order valence-electron chi connectivity index (χ1n) is 7.02. The second-order valence-electron chi connectivity index (χ2n) is 5.04. The highest BCUT2D eigenvalue weighted by Crippen LogP contribution is 2.17. The molecule has 1 aromatic rings. The average Bonchev–Trinajstić information content (AvgIpc) is 2.52. The summed E-state index contributed by atoms with van der Waals surface area (Å²) in [6, 6.07) is 3.87. The van der Waals surface area contributed by atoms with Crippen LogP contribution in [0.5, 0.6) is 5.75 Å². The average molecular weight is 305 g/mol. The number of guanidine groups is 1. The van der Waals surface area contributed by atoms with E-state index in [2.05, 4.69) is 26.4 Å². The number of hydrogen-bond donors (Lipinski definition) is 2. The smallest absolute Gasteiger partial charge is 0.217 e. The van der Waals surface area contributed by atoms with Crippen LogP contribution < -0.4 is 21.2 Å². The SMILES string of the molecule is C=C(N)/N=C(\N(C)N)N1CCN(c2ccc(OC)cn2)CC1. The molecule has 22 heavy (non-hydrogen) atoms. The van der Waals surface area contributed by atoms with E-state index in [1.54, 1.807) is 20.4 Å². The van der Waals surface area contributed by atoms with Gasteiger partial charge in [-0.3, -0.25) is 5.01 Å². The van der Waals surface area contributed by atoms with Gasteiger partial charge in [-0.25, -0.2) is 10.8 Å². The van der Waals surface area contributed by atoms with Crippen LogP contribution >= 0.6 is 0 Å². The summed E-state index contributed by atoms with van der Waals surface area (Å²) < 4.78 is 5.12. The molecule has 2 heterocycles. The number of aromatic nitrogens is 1. The summed E-state index contributed by atoms with van der Waals surface area (Å²) >= 11 is 0. The number of hydrazine groups is 1. The molecular formula is C14H23N7O. The van der Waals surface area contributed by atoms with Crippen molar-refractivity contribution in [2.45, 2.75) is 0 Å². The van der Waals surface area contributed by atoms with E-state index < -0.39 is 0 Å². The summed E-state index contributed by atoms with van der Waals surface area (Å²) in [7, 11) is 3.37. The molecule has 0 bridgehead atoms. The van der Waals surface area contributed by atoms with E-state index in [9.17, 15) is 0 Å². The van der Waals surface area contributed by atoms with Crippen LogP contribution in [0.2, 0.25) is 0 Å². The van der Waals surface area contributed by atoms with Gasteiger partial charge >= 0.3 is 0 Å². The minimum atomic E-state index is 0.242. The molecule has 1 aromatic heterocycles. The Morgan fingerprint density at radius 1 is 1.36 bits per heavy atom. The Bertz CT molecular complexity index is 533. The number of ether oxygens (including phenoxy) is 1. The van der Waals surface area contributed by atoms with Crippen LogP contribution in [0.25, 0.3) is 0 Å².